The Morgan fingerprint density at radius 1 is 1.04 bits per heavy atom. The monoisotopic (exact) mass is 324 g/mol. The molecule has 0 saturated heterocycles. The lowest BCUT2D eigenvalue weighted by molar-refractivity contribution is 0.736. The van der Waals surface area contributed by atoms with Gasteiger partial charge >= 0.3 is 0 Å². The minimum absolute atomic E-state index is 0.766. The summed E-state index contributed by atoms with van der Waals surface area (Å²) >= 11 is 5.96. The Morgan fingerprint density at radius 2 is 1.83 bits per heavy atom. The van der Waals surface area contributed by atoms with Crippen molar-refractivity contribution in [3.05, 3.63) is 64.8 Å². The Labute approximate surface area is 139 Å². The summed E-state index contributed by atoms with van der Waals surface area (Å²) in [5.74, 6) is 0. The Hall–Kier alpha value is -2.46. The molecule has 0 bridgehead atoms. The quantitative estimate of drug-likeness (QED) is 0.577. The molecule has 0 aliphatic carbocycles. The number of nitrogens with two attached hydrogens (primary N) is 1. The summed E-state index contributed by atoms with van der Waals surface area (Å²) in [6.07, 6.45) is 0.926. The molecule has 0 aliphatic rings. The van der Waals surface area contributed by atoms with Crippen LogP contribution in [0.5, 0.6) is 0 Å². The molecule has 4 aromatic rings. The smallest absolute Gasteiger partial charge is 0.137 e. The highest BCUT2D eigenvalue weighted by molar-refractivity contribution is 6.30. The molecule has 0 radical (unpaired) electrons. The number of imidazole rings is 1. The molecule has 2 aromatic carbocycles. The van der Waals surface area contributed by atoms with Crippen LogP contribution in [0.15, 0.2) is 48.5 Å². The zero-order valence-electron chi connectivity index (χ0n) is 12.8. The lowest BCUT2D eigenvalue weighted by Gasteiger charge is -2.06. The molecule has 0 amide bonds. The highest BCUT2D eigenvalue weighted by Gasteiger charge is 2.12. The summed E-state index contributed by atoms with van der Waals surface area (Å²) in [7, 11) is 0. The molecule has 2 N–H and O–H groups in total. The van der Waals surface area contributed by atoms with E-state index in [9.17, 15) is 0 Å². The third kappa shape index (κ3) is 2.45. The number of rotatable bonds is 3. The second-order valence-corrected chi connectivity index (χ2v) is 6.27. The molecule has 116 valence electrons. The zero-order valence-corrected chi connectivity index (χ0v) is 13.6. The van der Waals surface area contributed by atoms with Gasteiger partial charge in [0.15, 0.2) is 0 Å². The number of nitrogens with zero attached hydrogens (tertiary/aromatic N) is 3. The molecule has 0 spiro atoms. The first-order chi connectivity index (χ1) is 11.1. The molecule has 0 unspecified atom stereocenters. The minimum Gasteiger partial charge on any atom is -0.399 e. The van der Waals surface area contributed by atoms with Gasteiger partial charge in [-0.15, -0.1) is 0 Å². The highest BCUT2D eigenvalue weighted by Crippen LogP contribution is 2.24. The van der Waals surface area contributed by atoms with Crippen molar-refractivity contribution in [2.24, 2.45) is 0 Å². The van der Waals surface area contributed by atoms with E-state index < -0.39 is 0 Å². The molecule has 2 heterocycles. The van der Waals surface area contributed by atoms with E-state index in [0.717, 1.165) is 46.1 Å². The predicted molar refractivity (Wildman–Crippen MR) is 95.0 cm³/mol. The van der Waals surface area contributed by atoms with Crippen molar-refractivity contribution >= 4 is 34.0 Å². The predicted octanol–water partition coefficient (Wildman–Crippen LogP) is 4.08. The van der Waals surface area contributed by atoms with E-state index in [2.05, 4.69) is 27.9 Å². The van der Waals surface area contributed by atoms with Crippen LogP contribution in [0.25, 0.3) is 16.7 Å². The standard InChI is InChI=1S/C18H17ClN4/c1-12-10-18-22(9-8-13-2-4-14(19)5-3-13)17-11-15(20)6-7-16(17)23(18)21-12/h2-7,10-11H,8-9,20H2,1H3. The van der Waals surface area contributed by atoms with Gasteiger partial charge in [0.05, 0.1) is 16.7 Å². The van der Waals surface area contributed by atoms with Crippen LogP contribution in [0, 0.1) is 6.92 Å². The number of halogens is 1. The molecular weight excluding hydrogens is 308 g/mol. The van der Waals surface area contributed by atoms with Crippen molar-refractivity contribution in [1.82, 2.24) is 14.2 Å². The van der Waals surface area contributed by atoms with Gasteiger partial charge in [0.25, 0.3) is 0 Å². The first-order valence-corrected chi connectivity index (χ1v) is 7.98. The first kappa shape index (κ1) is 14.2. The number of hydrogen-bond acceptors (Lipinski definition) is 2. The van der Waals surface area contributed by atoms with Gasteiger partial charge in [0, 0.05) is 23.3 Å². The largest absolute Gasteiger partial charge is 0.399 e. The van der Waals surface area contributed by atoms with Crippen LogP contribution in [0.3, 0.4) is 0 Å². The van der Waals surface area contributed by atoms with E-state index in [4.69, 9.17) is 17.3 Å². The molecule has 0 saturated carbocycles. The Morgan fingerprint density at radius 3 is 2.61 bits per heavy atom. The number of aromatic nitrogens is 3. The van der Waals surface area contributed by atoms with Crippen LogP contribution < -0.4 is 5.73 Å². The Bertz CT molecular complexity index is 995. The van der Waals surface area contributed by atoms with E-state index in [1.807, 2.05) is 41.8 Å². The summed E-state index contributed by atoms with van der Waals surface area (Å²) in [6, 6.07) is 16.1. The third-order valence-electron chi connectivity index (χ3n) is 4.15. The van der Waals surface area contributed by atoms with Gasteiger partial charge in [-0.05, 0) is 49.2 Å². The maximum absolute atomic E-state index is 5.98. The van der Waals surface area contributed by atoms with Crippen molar-refractivity contribution in [3.63, 3.8) is 0 Å². The maximum atomic E-state index is 5.98. The van der Waals surface area contributed by atoms with Crippen LogP contribution in [0.4, 0.5) is 5.69 Å². The van der Waals surface area contributed by atoms with Crippen molar-refractivity contribution in [1.29, 1.82) is 0 Å². The lowest BCUT2D eigenvalue weighted by Crippen LogP contribution is -2.01. The average molecular weight is 325 g/mol. The minimum atomic E-state index is 0.766. The molecule has 23 heavy (non-hydrogen) atoms. The van der Waals surface area contributed by atoms with Crippen LogP contribution in [0.1, 0.15) is 11.3 Å². The fourth-order valence-corrected chi connectivity index (χ4v) is 3.17. The fraction of sp³-hybridized carbons (Fsp3) is 0.167. The van der Waals surface area contributed by atoms with Gasteiger partial charge < -0.3 is 10.3 Å². The molecule has 0 atom stereocenters. The summed E-state index contributed by atoms with van der Waals surface area (Å²) in [5, 5.41) is 5.36. The van der Waals surface area contributed by atoms with E-state index in [-0.39, 0.29) is 0 Å². The topological polar surface area (TPSA) is 48.2 Å². The van der Waals surface area contributed by atoms with Gasteiger partial charge in [0.1, 0.15) is 5.65 Å². The SMILES string of the molecule is Cc1cc2n(CCc3ccc(Cl)cc3)c3cc(N)ccc3n2n1. The Balaban J connectivity index is 1.79. The van der Waals surface area contributed by atoms with Gasteiger partial charge in [-0.1, -0.05) is 23.7 Å². The van der Waals surface area contributed by atoms with E-state index >= 15 is 0 Å². The van der Waals surface area contributed by atoms with Crippen molar-refractivity contribution in [2.75, 3.05) is 5.73 Å². The van der Waals surface area contributed by atoms with Crippen LogP contribution in [0.2, 0.25) is 5.02 Å². The summed E-state index contributed by atoms with van der Waals surface area (Å²) in [6.45, 7) is 2.88. The molecule has 2 aromatic heterocycles. The van der Waals surface area contributed by atoms with Crippen molar-refractivity contribution < 1.29 is 0 Å². The van der Waals surface area contributed by atoms with Gasteiger partial charge in [-0.3, -0.25) is 0 Å². The van der Waals surface area contributed by atoms with Gasteiger partial charge in [-0.2, -0.15) is 5.10 Å². The van der Waals surface area contributed by atoms with Crippen LogP contribution >= 0.6 is 11.6 Å². The molecule has 5 heteroatoms. The molecule has 0 fully saturated rings. The average Bonchev–Trinajstić information content (AvgIpc) is 3.02. The van der Waals surface area contributed by atoms with E-state index in [1.165, 1.54) is 5.56 Å². The molecular formula is C18H17ClN4. The zero-order chi connectivity index (χ0) is 16.0. The van der Waals surface area contributed by atoms with Crippen LogP contribution in [-0.2, 0) is 13.0 Å². The number of aryl methyl sites for hydroxylation is 3. The van der Waals surface area contributed by atoms with Crippen LogP contribution in [-0.4, -0.2) is 14.2 Å². The number of anilines is 1. The van der Waals surface area contributed by atoms with E-state index in [1.54, 1.807) is 0 Å². The second kappa shape index (κ2) is 5.32. The fourth-order valence-electron chi connectivity index (χ4n) is 3.04. The van der Waals surface area contributed by atoms with Gasteiger partial charge in [0.2, 0.25) is 0 Å². The van der Waals surface area contributed by atoms with Crippen molar-refractivity contribution in [3.8, 4) is 0 Å². The summed E-state index contributed by atoms with van der Waals surface area (Å²) < 4.78 is 4.27. The van der Waals surface area contributed by atoms with E-state index in [0.29, 0.717) is 0 Å². The highest BCUT2D eigenvalue weighted by atomic mass is 35.5. The number of hydrogen-bond donors (Lipinski definition) is 1. The number of benzene rings is 2. The second-order valence-electron chi connectivity index (χ2n) is 5.83. The summed E-state index contributed by atoms with van der Waals surface area (Å²) in [5.41, 5.74) is 12.3. The third-order valence-corrected chi connectivity index (χ3v) is 4.40. The summed E-state index contributed by atoms with van der Waals surface area (Å²) in [4.78, 5) is 0. The first-order valence-electron chi connectivity index (χ1n) is 7.60. The lowest BCUT2D eigenvalue weighted by atomic mass is 10.1. The number of fused-ring (bicyclic) bond motifs is 3. The molecule has 4 nitrogen and oxygen atoms in total. The molecule has 0 aliphatic heterocycles. The maximum Gasteiger partial charge on any atom is 0.137 e. The van der Waals surface area contributed by atoms with Gasteiger partial charge in [-0.25, -0.2) is 4.52 Å². The molecule has 4 rings (SSSR count). The number of nitrogen functional groups attached to an aromatic ring is 1. The normalized spacial score (nSPS) is 11.6. The van der Waals surface area contributed by atoms with Crippen molar-refractivity contribution in [2.45, 2.75) is 19.9 Å². The Kier molecular flexibility index (Phi) is 3.27.